The molecule has 5 heteroatoms. The summed E-state index contributed by atoms with van der Waals surface area (Å²) in [6, 6.07) is 0. The van der Waals surface area contributed by atoms with E-state index in [1.807, 2.05) is 0 Å². The second-order valence-electron chi connectivity index (χ2n) is 5.71. The summed E-state index contributed by atoms with van der Waals surface area (Å²) >= 11 is 0. The molecule has 21 heavy (non-hydrogen) atoms. The van der Waals surface area contributed by atoms with Crippen LogP contribution in [0.2, 0.25) is 0 Å². The Morgan fingerprint density at radius 1 is 0.810 bits per heavy atom. The van der Waals surface area contributed by atoms with Crippen LogP contribution in [0.1, 0.15) is 79.1 Å². The van der Waals surface area contributed by atoms with Crippen LogP contribution in [0.4, 0.5) is 0 Å². The Labute approximate surface area is 165 Å². The van der Waals surface area contributed by atoms with Crippen molar-refractivity contribution in [2.75, 3.05) is 13.2 Å². The van der Waals surface area contributed by atoms with E-state index < -0.39 is 8.25 Å². The average Bonchev–Trinajstić information content (AvgIpc) is 2.47. The second kappa shape index (κ2) is 17.8. The minimum atomic E-state index is -2.30. The first kappa shape index (κ1) is 24.7. The summed E-state index contributed by atoms with van der Waals surface area (Å²) in [4.78, 5) is 0. The summed E-state index contributed by atoms with van der Waals surface area (Å²) in [6.07, 6.45) is 9.35. The van der Waals surface area contributed by atoms with E-state index in [9.17, 15) is 4.57 Å². The summed E-state index contributed by atoms with van der Waals surface area (Å²) in [7, 11) is -2.30. The molecular weight excluding hydrogens is 415 g/mol. The zero-order valence-corrected chi connectivity index (χ0v) is 18.7. The monoisotopic (exact) mass is 448 g/mol. The van der Waals surface area contributed by atoms with E-state index in [1.165, 1.54) is 25.7 Å². The van der Waals surface area contributed by atoms with Gasteiger partial charge in [0.2, 0.25) is 0 Å². The van der Waals surface area contributed by atoms with E-state index in [0.717, 1.165) is 25.7 Å². The van der Waals surface area contributed by atoms with Crippen molar-refractivity contribution >= 4 is 8.25 Å². The van der Waals surface area contributed by atoms with Crippen molar-refractivity contribution in [1.82, 2.24) is 0 Å². The van der Waals surface area contributed by atoms with Gasteiger partial charge in [-0.15, -0.1) is 0 Å². The first-order chi connectivity index (χ1) is 9.67. The van der Waals surface area contributed by atoms with Crippen molar-refractivity contribution < 1.29 is 54.5 Å². The van der Waals surface area contributed by atoms with Crippen LogP contribution in [0.5, 0.6) is 0 Å². The molecule has 0 aromatic heterocycles. The fourth-order valence-corrected chi connectivity index (χ4v) is 3.04. The summed E-state index contributed by atoms with van der Waals surface area (Å²) in [6.45, 7) is 9.89. The number of unbranched alkanes of at least 4 members (excludes halogenated alkanes) is 2. The summed E-state index contributed by atoms with van der Waals surface area (Å²) < 4.78 is 22.6. The Morgan fingerprint density at radius 2 is 1.19 bits per heavy atom. The van der Waals surface area contributed by atoms with Gasteiger partial charge in [-0.05, 0) is 24.7 Å². The molecule has 0 amide bonds. The fourth-order valence-electron chi connectivity index (χ4n) is 2.21. The quantitative estimate of drug-likeness (QED) is 0.312. The summed E-state index contributed by atoms with van der Waals surface area (Å²) in [5.74, 6) is 1.05. The Bertz CT molecular complexity index is 218. The van der Waals surface area contributed by atoms with E-state index in [2.05, 4.69) is 27.7 Å². The van der Waals surface area contributed by atoms with Gasteiger partial charge in [0.25, 0.3) is 0 Å². The molecule has 0 fully saturated rings. The number of hydrogen-bond donors (Lipinski definition) is 0. The Balaban J connectivity index is 0. The molecule has 126 valence electrons. The first-order valence-corrected chi connectivity index (χ1v) is 9.69. The molecule has 0 rings (SSSR count). The first-order valence-electron chi connectivity index (χ1n) is 8.47. The van der Waals surface area contributed by atoms with E-state index in [4.69, 9.17) is 9.05 Å². The Hall–Kier alpha value is 1.50. The van der Waals surface area contributed by atoms with Crippen LogP contribution < -0.4 is 0 Å². The van der Waals surface area contributed by atoms with Crippen molar-refractivity contribution in [2.24, 2.45) is 11.8 Å². The molecular formula is C16H35NdO3P. The largest absolute Gasteiger partial charge is 0.319 e. The number of rotatable bonds is 14. The molecule has 0 saturated carbocycles. The molecule has 0 aliphatic carbocycles. The molecule has 0 radical (unpaired) electrons. The predicted molar refractivity (Wildman–Crippen MR) is 87.5 cm³/mol. The minimum absolute atomic E-state index is 0. The van der Waals surface area contributed by atoms with Crippen LogP contribution in [0.15, 0.2) is 0 Å². The standard InChI is InChI=1S/C16H35O3P.Nd/c1-5-9-11-15(7-3)13-18-20(17)19-14-16(8-4)12-10-6-2;/h15-16,20H,5-14H2,1-4H3;. The molecule has 0 aliphatic heterocycles. The van der Waals surface area contributed by atoms with Gasteiger partial charge in [-0.3, -0.25) is 4.57 Å². The van der Waals surface area contributed by atoms with Gasteiger partial charge in [0.1, 0.15) is 0 Å². The van der Waals surface area contributed by atoms with Crippen LogP contribution in [-0.2, 0) is 13.6 Å². The topological polar surface area (TPSA) is 35.5 Å². The van der Waals surface area contributed by atoms with Crippen LogP contribution in [0.3, 0.4) is 0 Å². The maximum absolute atomic E-state index is 11.8. The normalized spacial score (nSPS) is 15.2. The van der Waals surface area contributed by atoms with E-state index in [-0.39, 0.29) is 40.8 Å². The average molecular weight is 451 g/mol. The van der Waals surface area contributed by atoms with Crippen LogP contribution in [0.25, 0.3) is 0 Å². The van der Waals surface area contributed by atoms with E-state index >= 15 is 0 Å². The van der Waals surface area contributed by atoms with Gasteiger partial charge >= 0.3 is 8.25 Å². The van der Waals surface area contributed by atoms with Crippen LogP contribution in [-0.4, -0.2) is 13.2 Å². The van der Waals surface area contributed by atoms with Gasteiger partial charge in [0, 0.05) is 40.8 Å². The van der Waals surface area contributed by atoms with Crippen molar-refractivity contribution in [1.29, 1.82) is 0 Å². The molecule has 0 bridgehead atoms. The van der Waals surface area contributed by atoms with Crippen molar-refractivity contribution in [3.05, 3.63) is 0 Å². The summed E-state index contributed by atoms with van der Waals surface area (Å²) in [5.41, 5.74) is 0. The van der Waals surface area contributed by atoms with Crippen LogP contribution in [0, 0.1) is 52.7 Å². The Kier molecular flexibility index (Phi) is 21.0. The van der Waals surface area contributed by atoms with Gasteiger partial charge in [0.05, 0.1) is 13.2 Å². The maximum atomic E-state index is 11.8. The molecule has 0 N–H and O–H groups in total. The SMILES string of the molecule is CCCCC(CC)CO[PH](=O)OCC(CC)CCCC.[Nd]. The Morgan fingerprint density at radius 3 is 1.48 bits per heavy atom. The molecule has 0 aliphatic rings. The third kappa shape index (κ3) is 14.8. The molecule has 0 spiro atoms. The van der Waals surface area contributed by atoms with Gasteiger partial charge in [0.15, 0.2) is 0 Å². The van der Waals surface area contributed by atoms with Crippen molar-refractivity contribution in [3.8, 4) is 0 Å². The zero-order chi connectivity index (χ0) is 15.2. The third-order valence-electron chi connectivity index (χ3n) is 3.96. The minimum Gasteiger partial charge on any atom is -0.310 e. The molecule has 0 aromatic rings. The van der Waals surface area contributed by atoms with Gasteiger partial charge in [-0.1, -0.05) is 66.2 Å². The molecule has 0 heterocycles. The molecule has 0 saturated heterocycles. The van der Waals surface area contributed by atoms with Crippen LogP contribution >= 0.6 is 8.25 Å². The van der Waals surface area contributed by atoms with Crippen molar-refractivity contribution in [3.63, 3.8) is 0 Å². The molecule has 2 unspecified atom stereocenters. The fraction of sp³-hybridized carbons (Fsp3) is 1.00. The predicted octanol–water partition coefficient (Wildman–Crippen LogP) is 5.84. The second-order valence-corrected chi connectivity index (χ2v) is 6.78. The summed E-state index contributed by atoms with van der Waals surface area (Å²) in [5, 5.41) is 0. The van der Waals surface area contributed by atoms with E-state index in [1.54, 1.807) is 0 Å². The molecule has 0 aromatic carbocycles. The smallest absolute Gasteiger partial charge is 0.310 e. The molecule has 2 atom stereocenters. The van der Waals surface area contributed by atoms with Crippen molar-refractivity contribution in [2.45, 2.75) is 79.1 Å². The van der Waals surface area contributed by atoms with Gasteiger partial charge < -0.3 is 9.05 Å². The molecule has 3 nitrogen and oxygen atoms in total. The maximum Gasteiger partial charge on any atom is 0.319 e. The van der Waals surface area contributed by atoms with Gasteiger partial charge in [-0.2, -0.15) is 0 Å². The zero-order valence-electron chi connectivity index (χ0n) is 14.5. The number of hydrogen-bond acceptors (Lipinski definition) is 3. The van der Waals surface area contributed by atoms with Gasteiger partial charge in [-0.25, -0.2) is 0 Å². The van der Waals surface area contributed by atoms with E-state index in [0.29, 0.717) is 25.0 Å². The third-order valence-corrected chi connectivity index (χ3v) is 4.77.